The molecule has 142 valence electrons. The zero-order valence-corrected chi connectivity index (χ0v) is 15.5. The molecule has 1 aromatic rings. The molecular formula is C18H27N5O3. The van der Waals surface area contributed by atoms with Crippen molar-refractivity contribution in [3.05, 3.63) is 5.82 Å². The topological polar surface area (TPSA) is 99.0 Å². The number of carbonyl (C=O) groups is 2. The number of carbonyl (C=O) groups excluding carboxylic acids is 2. The van der Waals surface area contributed by atoms with E-state index in [1.165, 1.54) is 6.42 Å². The monoisotopic (exact) mass is 361 g/mol. The standard InChI is InChI=1S/C18H27N5O3/c1-3-4-23-15(20-21-22-23)10-26-16(25)17-6-13-5-14(7-17)9-18(8-13,11-17)19-12(2)24/h13-14H,3-11H2,1-2H3,(H,19,24). The molecule has 0 saturated heterocycles. The first-order valence-corrected chi connectivity index (χ1v) is 9.65. The van der Waals surface area contributed by atoms with E-state index in [1.807, 2.05) is 6.92 Å². The van der Waals surface area contributed by atoms with Crippen molar-refractivity contribution in [2.75, 3.05) is 0 Å². The fourth-order valence-electron chi connectivity index (χ4n) is 6.02. The molecule has 2 unspecified atom stereocenters. The highest BCUT2D eigenvalue weighted by atomic mass is 16.5. The summed E-state index contributed by atoms with van der Waals surface area (Å²) in [4.78, 5) is 24.8. The zero-order valence-electron chi connectivity index (χ0n) is 15.5. The minimum Gasteiger partial charge on any atom is -0.457 e. The number of rotatable bonds is 6. The van der Waals surface area contributed by atoms with Crippen LogP contribution >= 0.6 is 0 Å². The van der Waals surface area contributed by atoms with Crippen molar-refractivity contribution in [3.8, 4) is 0 Å². The van der Waals surface area contributed by atoms with Crippen molar-refractivity contribution in [2.45, 2.75) is 77.5 Å². The van der Waals surface area contributed by atoms with E-state index in [-0.39, 0.29) is 24.0 Å². The van der Waals surface area contributed by atoms with Gasteiger partial charge in [-0.1, -0.05) is 6.92 Å². The van der Waals surface area contributed by atoms with Crippen LogP contribution in [0.4, 0.5) is 0 Å². The molecule has 0 radical (unpaired) electrons. The lowest BCUT2D eigenvalue weighted by Crippen LogP contribution is -2.64. The van der Waals surface area contributed by atoms with Gasteiger partial charge in [-0.3, -0.25) is 9.59 Å². The molecule has 0 spiro atoms. The predicted octanol–water partition coefficient (Wildman–Crippen LogP) is 1.60. The number of nitrogens with one attached hydrogen (secondary N) is 1. The van der Waals surface area contributed by atoms with E-state index < -0.39 is 5.41 Å². The van der Waals surface area contributed by atoms with Gasteiger partial charge in [0.2, 0.25) is 5.91 Å². The van der Waals surface area contributed by atoms with Crippen LogP contribution in [0, 0.1) is 17.3 Å². The molecule has 4 bridgehead atoms. The van der Waals surface area contributed by atoms with Crippen molar-refractivity contribution in [1.82, 2.24) is 25.5 Å². The fraction of sp³-hybridized carbons (Fsp3) is 0.833. The van der Waals surface area contributed by atoms with Crippen molar-refractivity contribution < 1.29 is 14.3 Å². The van der Waals surface area contributed by atoms with Crippen LogP contribution in [0.5, 0.6) is 0 Å². The molecule has 2 atom stereocenters. The summed E-state index contributed by atoms with van der Waals surface area (Å²) in [6.45, 7) is 4.43. The first-order chi connectivity index (χ1) is 12.4. The number of amides is 1. The highest BCUT2D eigenvalue weighted by Crippen LogP contribution is 2.62. The van der Waals surface area contributed by atoms with Crippen molar-refractivity contribution in [1.29, 1.82) is 0 Å². The van der Waals surface area contributed by atoms with Gasteiger partial charge in [0.05, 0.1) is 5.41 Å². The molecular weight excluding hydrogens is 334 g/mol. The molecule has 8 nitrogen and oxygen atoms in total. The lowest BCUT2D eigenvalue weighted by Gasteiger charge is -2.60. The van der Waals surface area contributed by atoms with E-state index in [1.54, 1.807) is 11.6 Å². The maximum absolute atomic E-state index is 13.1. The van der Waals surface area contributed by atoms with E-state index in [4.69, 9.17) is 4.74 Å². The van der Waals surface area contributed by atoms with E-state index >= 15 is 0 Å². The van der Waals surface area contributed by atoms with Crippen LogP contribution in [-0.4, -0.2) is 37.6 Å². The Kier molecular flexibility index (Phi) is 4.23. The Labute approximate surface area is 153 Å². The Morgan fingerprint density at radius 1 is 1.27 bits per heavy atom. The van der Waals surface area contributed by atoms with Crippen LogP contribution in [0.1, 0.15) is 64.6 Å². The van der Waals surface area contributed by atoms with Gasteiger partial charge in [-0.05, 0) is 67.2 Å². The first kappa shape index (κ1) is 17.4. The molecule has 1 amide bonds. The summed E-state index contributed by atoms with van der Waals surface area (Å²) in [5, 5.41) is 14.8. The molecule has 0 aromatic carbocycles. The molecule has 4 fully saturated rings. The predicted molar refractivity (Wildman–Crippen MR) is 91.6 cm³/mol. The summed E-state index contributed by atoms with van der Waals surface area (Å²) in [6.07, 6.45) is 6.53. The lowest BCUT2D eigenvalue weighted by atomic mass is 9.47. The minimum absolute atomic E-state index is 0.00536. The highest BCUT2D eigenvalue weighted by molar-refractivity contribution is 5.79. The van der Waals surface area contributed by atoms with Gasteiger partial charge in [0.1, 0.15) is 0 Å². The molecule has 4 aliphatic carbocycles. The van der Waals surface area contributed by atoms with Crippen LogP contribution < -0.4 is 5.32 Å². The fourth-order valence-corrected chi connectivity index (χ4v) is 6.02. The SMILES string of the molecule is CCCn1nnnc1COC(=O)C12CC3CC(CC(NC(C)=O)(C3)C1)C2. The second kappa shape index (κ2) is 6.32. The van der Waals surface area contributed by atoms with E-state index in [2.05, 4.69) is 20.8 Å². The Balaban J connectivity index is 1.48. The number of esters is 1. The summed E-state index contributed by atoms with van der Waals surface area (Å²) in [5.74, 6) is 1.44. The minimum atomic E-state index is -0.463. The average molecular weight is 361 g/mol. The average Bonchev–Trinajstić information content (AvgIpc) is 2.97. The second-order valence-electron chi connectivity index (χ2n) is 8.60. The largest absolute Gasteiger partial charge is 0.457 e. The van der Waals surface area contributed by atoms with Crippen LogP contribution in [-0.2, 0) is 27.5 Å². The molecule has 8 heteroatoms. The molecule has 1 N–H and O–H groups in total. The third-order valence-electron chi connectivity index (χ3n) is 6.31. The Bertz CT molecular complexity index is 701. The second-order valence-corrected chi connectivity index (χ2v) is 8.60. The van der Waals surface area contributed by atoms with E-state index in [0.29, 0.717) is 30.6 Å². The lowest BCUT2D eigenvalue weighted by molar-refractivity contribution is -0.177. The third kappa shape index (κ3) is 2.99. The molecule has 4 aliphatic rings. The van der Waals surface area contributed by atoms with Crippen LogP contribution in [0.25, 0.3) is 0 Å². The van der Waals surface area contributed by atoms with Crippen LogP contribution in [0.15, 0.2) is 0 Å². The number of hydrogen-bond donors (Lipinski definition) is 1. The molecule has 5 rings (SSSR count). The molecule has 4 saturated carbocycles. The maximum atomic E-state index is 13.1. The third-order valence-corrected chi connectivity index (χ3v) is 6.31. The molecule has 1 aromatic heterocycles. The maximum Gasteiger partial charge on any atom is 0.312 e. The number of hydrogen-bond acceptors (Lipinski definition) is 6. The van der Waals surface area contributed by atoms with Gasteiger partial charge in [-0.15, -0.1) is 5.10 Å². The molecule has 0 aliphatic heterocycles. The van der Waals surface area contributed by atoms with E-state index in [9.17, 15) is 9.59 Å². The number of aryl methyl sites for hydroxylation is 1. The smallest absolute Gasteiger partial charge is 0.312 e. The van der Waals surface area contributed by atoms with Crippen molar-refractivity contribution in [2.24, 2.45) is 17.3 Å². The van der Waals surface area contributed by atoms with Gasteiger partial charge in [0.25, 0.3) is 0 Å². The number of aromatic nitrogens is 4. The zero-order chi connectivity index (χ0) is 18.4. The van der Waals surface area contributed by atoms with Gasteiger partial charge >= 0.3 is 5.97 Å². The highest BCUT2D eigenvalue weighted by Gasteiger charge is 2.61. The summed E-state index contributed by atoms with van der Waals surface area (Å²) in [7, 11) is 0. The Hall–Kier alpha value is -1.99. The van der Waals surface area contributed by atoms with Crippen molar-refractivity contribution in [3.63, 3.8) is 0 Å². The number of nitrogens with zero attached hydrogens (tertiary/aromatic N) is 4. The normalized spacial score (nSPS) is 34.7. The Morgan fingerprint density at radius 2 is 2.00 bits per heavy atom. The van der Waals surface area contributed by atoms with Gasteiger partial charge in [0.15, 0.2) is 12.4 Å². The van der Waals surface area contributed by atoms with Crippen LogP contribution in [0.3, 0.4) is 0 Å². The van der Waals surface area contributed by atoms with E-state index in [0.717, 1.165) is 32.1 Å². The van der Waals surface area contributed by atoms with Gasteiger partial charge in [-0.2, -0.15) is 0 Å². The summed E-state index contributed by atoms with van der Waals surface area (Å²) < 4.78 is 7.38. The number of ether oxygens (including phenoxy) is 1. The van der Waals surface area contributed by atoms with Gasteiger partial charge < -0.3 is 10.1 Å². The quantitative estimate of drug-likeness (QED) is 0.773. The molecule has 26 heavy (non-hydrogen) atoms. The molecule has 1 heterocycles. The summed E-state index contributed by atoms with van der Waals surface area (Å²) in [5.41, 5.74) is -0.686. The summed E-state index contributed by atoms with van der Waals surface area (Å²) >= 11 is 0. The van der Waals surface area contributed by atoms with Crippen molar-refractivity contribution >= 4 is 11.9 Å². The van der Waals surface area contributed by atoms with Gasteiger partial charge in [-0.25, -0.2) is 4.68 Å². The first-order valence-electron chi connectivity index (χ1n) is 9.65. The van der Waals surface area contributed by atoms with Gasteiger partial charge in [0, 0.05) is 19.0 Å². The number of tetrazole rings is 1. The van der Waals surface area contributed by atoms with Crippen LogP contribution in [0.2, 0.25) is 0 Å². The summed E-state index contributed by atoms with van der Waals surface area (Å²) in [6, 6.07) is 0. The Morgan fingerprint density at radius 3 is 2.65 bits per heavy atom.